The van der Waals surface area contributed by atoms with Crippen molar-refractivity contribution in [2.75, 3.05) is 6.67 Å². The van der Waals surface area contributed by atoms with Crippen molar-refractivity contribution in [1.29, 1.82) is 0 Å². The summed E-state index contributed by atoms with van der Waals surface area (Å²) < 4.78 is 12.4. The Bertz CT molecular complexity index is 231. The van der Waals surface area contributed by atoms with Crippen molar-refractivity contribution >= 4 is 0 Å². The molecule has 0 amide bonds. The zero-order valence-electron chi connectivity index (χ0n) is 7.55. The molecule has 12 heavy (non-hydrogen) atoms. The summed E-state index contributed by atoms with van der Waals surface area (Å²) in [7, 11) is 0. The van der Waals surface area contributed by atoms with Crippen LogP contribution < -0.4 is 0 Å². The number of aromatic nitrogens is 1. The van der Waals surface area contributed by atoms with Crippen LogP contribution in [0.2, 0.25) is 0 Å². The third-order valence-electron chi connectivity index (χ3n) is 1.77. The van der Waals surface area contributed by atoms with Crippen LogP contribution in [0.15, 0.2) is 24.5 Å². The Labute approximate surface area is 72.6 Å². The van der Waals surface area contributed by atoms with E-state index in [-0.39, 0.29) is 12.1 Å². The van der Waals surface area contributed by atoms with Crippen LogP contribution in [-0.4, -0.2) is 11.7 Å². The molecular weight excluding hydrogens is 153 g/mol. The van der Waals surface area contributed by atoms with E-state index in [1.807, 2.05) is 26.0 Å². The minimum atomic E-state index is -0.290. The lowest BCUT2D eigenvalue weighted by atomic mass is 9.88. The molecule has 0 fully saturated rings. The van der Waals surface area contributed by atoms with Gasteiger partial charge in [0.05, 0.1) is 6.67 Å². The van der Waals surface area contributed by atoms with Gasteiger partial charge < -0.3 is 0 Å². The predicted octanol–water partition coefficient (Wildman–Crippen LogP) is 2.62. The zero-order valence-corrected chi connectivity index (χ0v) is 7.55. The van der Waals surface area contributed by atoms with Gasteiger partial charge in [-0.25, -0.2) is 0 Å². The monoisotopic (exact) mass is 167 g/mol. The first-order valence-corrected chi connectivity index (χ1v) is 4.09. The van der Waals surface area contributed by atoms with E-state index in [0.717, 1.165) is 12.0 Å². The molecule has 0 aromatic carbocycles. The quantitative estimate of drug-likeness (QED) is 0.674. The van der Waals surface area contributed by atoms with Gasteiger partial charge >= 0.3 is 0 Å². The number of nitrogens with zero attached hydrogens (tertiary/aromatic N) is 1. The summed E-state index contributed by atoms with van der Waals surface area (Å²) in [5.74, 6) is 0. The minimum absolute atomic E-state index is 0.261. The van der Waals surface area contributed by atoms with Crippen LogP contribution in [0.3, 0.4) is 0 Å². The Morgan fingerprint density at radius 2 is 2.25 bits per heavy atom. The molecule has 1 rings (SSSR count). The maximum absolute atomic E-state index is 12.4. The van der Waals surface area contributed by atoms with E-state index < -0.39 is 0 Å². The highest BCUT2D eigenvalue weighted by Gasteiger charge is 2.17. The van der Waals surface area contributed by atoms with Crippen molar-refractivity contribution < 1.29 is 4.39 Å². The van der Waals surface area contributed by atoms with E-state index in [4.69, 9.17) is 0 Å². The molecule has 0 atom stereocenters. The van der Waals surface area contributed by atoms with Crippen LogP contribution in [0, 0.1) is 5.41 Å². The molecule has 0 saturated heterocycles. The van der Waals surface area contributed by atoms with Gasteiger partial charge in [-0.3, -0.25) is 9.37 Å². The van der Waals surface area contributed by atoms with Crippen molar-refractivity contribution in [3.8, 4) is 0 Å². The first-order chi connectivity index (χ1) is 5.64. The topological polar surface area (TPSA) is 12.9 Å². The lowest BCUT2D eigenvalue weighted by Crippen LogP contribution is -2.17. The average molecular weight is 167 g/mol. The molecule has 0 saturated carbocycles. The number of halogens is 1. The van der Waals surface area contributed by atoms with Crippen LogP contribution in [0.4, 0.5) is 4.39 Å². The normalized spacial score (nSPS) is 11.6. The maximum atomic E-state index is 12.4. The first kappa shape index (κ1) is 9.17. The number of hydrogen-bond donors (Lipinski definition) is 0. The van der Waals surface area contributed by atoms with Gasteiger partial charge in [-0.1, -0.05) is 19.9 Å². The zero-order chi connectivity index (χ0) is 9.03. The fourth-order valence-electron chi connectivity index (χ4n) is 1.10. The van der Waals surface area contributed by atoms with Crippen LogP contribution >= 0.6 is 0 Å². The number of hydrogen-bond acceptors (Lipinski definition) is 1. The largest absolute Gasteiger partial charge is 0.264 e. The Hall–Kier alpha value is -0.920. The fourth-order valence-corrected chi connectivity index (χ4v) is 1.10. The fraction of sp³-hybridized carbons (Fsp3) is 0.500. The molecule has 1 nitrogen and oxygen atoms in total. The predicted molar refractivity (Wildman–Crippen MR) is 47.7 cm³/mol. The second-order valence-corrected chi connectivity index (χ2v) is 3.84. The summed E-state index contributed by atoms with van der Waals surface area (Å²) >= 11 is 0. The molecule has 66 valence electrons. The minimum Gasteiger partial charge on any atom is -0.264 e. The molecule has 1 heterocycles. The van der Waals surface area contributed by atoms with Gasteiger partial charge in [-0.05, 0) is 23.5 Å². The summed E-state index contributed by atoms with van der Waals surface area (Å²) in [6, 6.07) is 3.86. The number of alkyl halides is 1. The molecule has 0 radical (unpaired) electrons. The molecule has 0 spiro atoms. The van der Waals surface area contributed by atoms with E-state index in [0.29, 0.717) is 0 Å². The second kappa shape index (κ2) is 3.65. The third kappa shape index (κ3) is 2.61. The summed E-state index contributed by atoms with van der Waals surface area (Å²) in [5.41, 5.74) is 0.836. The molecule has 0 N–H and O–H groups in total. The van der Waals surface area contributed by atoms with E-state index in [1.54, 1.807) is 12.4 Å². The summed E-state index contributed by atoms with van der Waals surface area (Å²) in [4.78, 5) is 3.98. The molecule has 0 unspecified atom stereocenters. The third-order valence-corrected chi connectivity index (χ3v) is 1.77. The smallest absolute Gasteiger partial charge is 0.0948 e. The molecule has 1 aromatic rings. The highest BCUT2D eigenvalue weighted by molar-refractivity contribution is 5.10. The highest BCUT2D eigenvalue weighted by atomic mass is 19.1. The second-order valence-electron chi connectivity index (χ2n) is 3.84. The van der Waals surface area contributed by atoms with E-state index in [9.17, 15) is 4.39 Å². The van der Waals surface area contributed by atoms with Gasteiger partial charge in [0, 0.05) is 12.4 Å². The molecule has 0 aliphatic rings. The Kier molecular flexibility index (Phi) is 2.79. The van der Waals surface area contributed by atoms with Crippen molar-refractivity contribution in [1.82, 2.24) is 4.98 Å². The molecule has 1 aromatic heterocycles. The maximum Gasteiger partial charge on any atom is 0.0948 e. The van der Waals surface area contributed by atoms with Crippen LogP contribution in [-0.2, 0) is 6.42 Å². The van der Waals surface area contributed by atoms with Crippen molar-refractivity contribution in [2.24, 2.45) is 5.41 Å². The lowest BCUT2D eigenvalue weighted by molar-refractivity contribution is 0.256. The number of rotatable bonds is 3. The average Bonchev–Trinajstić information content (AvgIpc) is 2.06. The van der Waals surface area contributed by atoms with Crippen molar-refractivity contribution in [3.63, 3.8) is 0 Å². The molecular formula is C10H14FN. The molecule has 2 heteroatoms. The van der Waals surface area contributed by atoms with Crippen LogP contribution in [0.1, 0.15) is 19.4 Å². The van der Waals surface area contributed by atoms with Gasteiger partial charge in [-0.2, -0.15) is 0 Å². The Morgan fingerprint density at radius 1 is 1.50 bits per heavy atom. The van der Waals surface area contributed by atoms with Gasteiger partial charge in [-0.15, -0.1) is 0 Å². The SMILES string of the molecule is CC(C)(CF)Cc1cccnc1. The summed E-state index contributed by atoms with van der Waals surface area (Å²) in [5, 5.41) is 0. The highest BCUT2D eigenvalue weighted by Crippen LogP contribution is 2.21. The van der Waals surface area contributed by atoms with Crippen molar-refractivity contribution in [2.45, 2.75) is 20.3 Å². The Morgan fingerprint density at radius 3 is 2.75 bits per heavy atom. The van der Waals surface area contributed by atoms with Gasteiger partial charge in [0.15, 0.2) is 0 Å². The van der Waals surface area contributed by atoms with E-state index in [1.165, 1.54) is 0 Å². The van der Waals surface area contributed by atoms with E-state index in [2.05, 4.69) is 4.98 Å². The number of pyridine rings is 1. The Balaban J connectivity index is 2.64. The summed E-state index contributed by atoms with van der Waals surface area (Å²) in [6.45, 7) is 3.54. The van der Waals surface area contributed by atoms with Crippen LogP contribution in [0.25, 0.3) is 0 Å². The first-order valence-electron chi connectivity index (χ1n) is 4.09. The van der Waals surface area contributed by atoms with Gasteiger partial charge in [0.1, 0.15) is 0 Å². The van der Waals surface area contributed by atoms with Crippen molar-refractivity contribution in [3.05, 3.63) is 30.1 Å². The molecule has 0 aliphatic heterocycles. The van der Waals surface area contributed by atoms with Crippen LogP contribution in [0.5, 0.6) is 0 Å². The standard InChI is InChI=1S/C10H14FN/c1-10(2,8-11)6-9-4-3-5-12-7-9/h3-5,7H,6,8H2,1-2H3. The van der Waals surface area contributed by atoms with E-state index >= 15 is 0 Å². The van der Waals surface area contributed by atoms with Gasteiger partial charge in [0.2, 0.25) is 0 Å². The lowest BCUT2D eigenvalue weighted by Gasteiger charge is -2.19. The summed E-state index contributed by atoms with van der Waals surface area (Å²) in [6.07, 6.45) is 4.26. The molecule has 0 aliphatic carbocycles. The van der Waals surface area contributed by atoms with Gasteiger partial charge in [0.25, 0.3) is 0 Å². The molecule has 0 bridgehead atoms.